The Morgan fingerprint density at radius 2 is 2.13 bits per heavy atom. The fourth-order valence-electron chi connectivity index (χ4n) is 1.29. The third-order valence-electron chi connectivity index (χ3n) is 2.03. The summed E-state index contributed by atoms with van der Waals surface area (Å²) in [6.07, 6.45) is 0. The molecule has 0 radical (unpaired) electrons. The highest BCUT2D eigenvalue weighted by atomic mass is 19.1. The van der Waals surface area contributed by atoms with Crippen LogP contribution in [0.4, 0.5) is 4.39 Å². The molecule has 3 heteroatoms. The minimum atomic E-state index is -0.414. The predicted octanol–water partition coefficient (Wildman–Crippen LogP) is 3.06. The highest BCUT2D eigenvalue weighted by molar-refractivity contribution is 5.99. The molecular formula is C12H15FO2. The molecule has 0 saturated carbocycles. The lowest BCUT2D eigenvalue weighted by molar-refractivity contribution is 0.0935. The van der Waals surface area contributed by atoms with Gasteiger partial charge in [0.25, 0.3) is 0 Å². The number of Topliss-reactive ketones (excluding diaryl/α,β-unsaturated/α-hetero) is 1. The number of hydrogen-bond acceptors (Lipinski definition) is 2. The van der Waals surface area contributed by atoms with Crippen LogP contribution >= 0.6 is 0 Å². The van der Waals surface area contributed by atoms with Crippen molar-refractivity contribution >= 4 is 5.78 Å². The molecule has 0 aliphatic carbocycles. The van der Waals surface area contributed by atoms with E-state index in [4.69, 9.17) is 4.74 Å². The van der Waals surface area contributed by atoms with Gasteiger partial charge in [-0.3, -0.25) is 4.79 Å². The van der Waals surface area contributed by atoms with E-state index in [1.807, 2.05) is 6.92 Å². The number of carbonyl (C=O) groups is 1. The largest absolute Gasteiger partial charge is 0.493 e. The maximum Gasteiger partial charge on any atom is 0.169 e. The lowest BCUT2D eigenvalue weighted by Crippen LogP contribution is -2.10. The normalized spacial score (nSPS) is 10.5. The summed E-state index contributed by atoms with van der Waals surface area (Å²) in [6.45, 7) is 5.85. The van der Waals surface area contributed by atoms with Crippen molar-refractivity contribution in [3.63, 3.8) is 0 Å². The van der Waals surface area contributed by atoms with Crippen molar-refractivity contribution in [3.8, 4) is 5.75 Å². The number of hydrogen-bond donors (Lipinski definition) is 0. The molecule has 0 fully saturated rings. The average Bonchev–Trinajstić information content (AvgIpc) is 2.20. The Morgan fingerprint density at radius 3 is 2.67 bits per heavy atom. The smallest absolute Gasteiger partial charge is 0.169 e. The molecule has 1 rings (SSSR count). The van der Waals surface area contributed by atoms with Gasteiger partial charge in [-0.2, -0.15) is 0 Å². The van der Waals surface area contributed by atoms with Crippen LogP contribution in [0.15, 0.2) is 18.2 Å². The molecule has 0 aliphatic rings. The van der Waals surface area contributed by atoms with E-state index in [1.165, 1.54) is 18.2 Å². The van der Waals surface area contributed by atoms with Gasteiger partial charge in [-0.25, -0.2) is 4.39 Å². The number of benzene rings is 1. The van der Waals surface area contributed by atoms with Crippen LogP contribution in [0.5, 0.6) is 5.75 Å². The Labute approximate surface area is 89.1 Å². The first kappa shape index (κ1) is 11.7. The van der Waals surface area contributed by atoms with Gasteiger partial charge in [0.2, 0.25) is 0 Å². The summed E-state index contributed by atoms with van der Waals surface area (Å²) in [7, 11) is 0. The molecule has 1 aromatic carbocycles. The monoisotopic (exact) mass is 210 g/mol. The van der Waals surface area contributed by atoms with Gasteiger partial charge < -0.3 is 4.74 Å². The standard InChI is InChI=1S/C12H15FO2/c1-4-15-11-6-5-9(13)7-10(11)12(14)8(2)3/h5-8H,4H2,1-3H3. The lowest BCUT2D eigenvalue weighted by Gasteiger charge is -2.10. The summed E-state index contributed by atoms with van der Waals surface area (Å²) < 4.78 is 18.3. The molecule has 0 N–H and O–H groups in total. The van der Waals surface area contributed by atoms with Crippen molar-refractivity contribution < 1.29 is 13.9 Å². The maximum absolute atomic E-state index is 13.0. The topological polar surface area (TPSA) is 26.3 Å². The Morgan fingerprint density at radius 1 is 1.47 bits per heavy atom. The Hall–Kier alpha value is -1.38. The molecule has 2 nitrogen and oxygen atoms in total. The molecule has 0 atom stereocenters. The summed E-state index contributed by atoms with van der Waals surface area (Å²) >= 11 is 0. The van der Waals surface area contributed by atoms with E-state index in [2.05, 4.69) is 0 Å². The minimum Gasteiger partial charge on any atom is -0.493 e. The van der Waals surface area contributed by atoms with Crippen LogP contribution in [0.2, 0.25) is 0 Å². The molecule has 1 aromatic rings. The van der Waals surface area contributed by atoms with E-state index >= 15 is 0 Å². The van der Waals surface area contributed by atoms with Crippen molar-refractivity contribution in [1.29, 1.82) is 0 Å². The molecule has 0 saturated heterocycles. The van der Waals surface area contributed by atoms with Gasteiger partial charge in [-0.1, -0.05) is 13.8 Å². The van der Waals surface area contributed by atoms with Gasteiger partial charge in [0.05, 0.1) is 12.2 Å². The van der Waals surface area contributed by atoms with Crippen molar-refractivity contribution in [2.75, 3.05) is 6.61 Å². The van der Waals surface area contributed by atoms with E-state index in [0.29, 0.717) is 17.9 Å². The van der Waals surface area contributed by atoms with Crippen LogP contribution in [0.1, 0.15) is 31.1 Å². The maximum atomic E-state index is 13.0. The molecule has 0 amide bonds. The van der Waals surface area contributed by atoms with Crippen LogP contribution < -0.4 is 4.74 Å². The number of ketones is 1. The number of halogens is 1. The summed E-state index contributed by atoms with van der Waals surface area (Å²) in [5, 5.41) is 0. The predicted molar refractivity (Wildman–Crippen MR) is 56.7 cm³/mol. The second-order valence-electron chi connectivity index (χ2n) is 3.59. The van der Waals surface area contributed by atoms with Gasteiger partial charge in [-0.15, -0.1) is 0 Å². The summed E-state index contributed by atoms with van der Waals surface area (Å²) in [5.74, 6) is -0.219. The molecule has 15 heavy (non-hydrogen) atoms. The van der Waals surface area contributed by atoms with Crippen LogP contribution in [-0.4, -0.2) is 12.4 Å². The quantitative estimate of drug-likeness (QED) is 0.714. The van der Waals surface area contributed by atoms with E-state index in [1.54, 1.807) is 13.8 Å². The molecule has 82 valence electrons. The third kappa shape index (κ3) is 2.78. The first-order valence-corrected chi connectivity index (χ1v) is 5.02. The van der Waals surface area contributed by atoms with Crippen molar-refractivity contribution in [2.24, 2.45) is 5.92 Å². The van der Waals surface area contributed by atoms with E-state index < -0.39 is 5.82 Å². The zero-order valence-corrected chi connectivity index (χ0v) is 9.21. The zero-order chi connectivity index (χ0) is 11.4. The molecule has 0 heterocycles. The summed E-state index contributed by atoms with van der Waals surface area (Å²) in [6, 6.07) is 4.02. The average molecular weight is 210 g/mol. The highest BCUT2D eigenvalue weighted by Crippen LogP contribution is 2.22. The Bertz CT molecular complexity index is 359. The first-order chi connectivity index (χ1) is 7.06. The zero-order valence-electron chi connectivity index (χ0n) is 9.21. The molecule has 0 aromatic heterocycles. The Balaban J connectivity index is 3.12. The molecular weight excluding hydrogens is 195 g/mol. The lowest BCUT2D eigenvalue weighted by atomic mass is 10.0. The Kier molecular flexibility index (Phi) is 3.83. The van der Waals surface area contributed by atoms with E-state index in [-0.39, 0.29) is 11.7 Å². The minimum absolute atomic E-state index is 0.0991. The van der Waals surface area contributed by atoms with Crippen molar-refractivity contribution in [3.05, 3.63) is 29.6 Å². The van der Waals surface area contributed by atoms with Gasteiger partial charge in [0.15, 0.2) is 5.78 Å². The second-order valence-corrected chi connectivity index (χ2v) is 3.59. The highest BCUT2D eigenvalue weighted by Gasteiger charge is 2.16. The van der Waals surface area contributed by atoms with Gasteiger partial charge in [-0.05, 0) is 25.1 Å². The van der Waals surface area contributed by atoms with Crippen LogP contribution in [0.3, 0.4) is 0 Å². The number of rotatable bonds is 4. The molecule has 0 spiro atoms. The fraction of sp³-hybridized carbons (Fsp3) is 0.417. The second kappa shape index (κ2) is 4.91. The molecule has 0 aliphatic heterocycles. The number of ether oxygens (including phenoxy) is 1. The summed E-state index contributed by atoms with van der Waals surface area (Å²) in [5.41, 5.74) is 0.326. The SMILES string of the molecule is CCOc1ccc(F)cc1C(=O)C(C)C. The van der Waals surface area contributed by atoms with E-state index in [9.17, 15) is 9.18 Å². The first-order valence-electron chi connectivity index (χ1n) is 5.02. The third-order valence-corrected chi connectivity index (χ3v) is 2.03. The van der Waals surface area contributed by atoms with Gasteiger partial charge in [0, 0.05) is 5.92 Å². The van der Waals surface area contributed by atoms with Crippen LogP contribution in [0.25, 0.3) is 0 Å². The van der Waals surface area contributed by atoms with E-state index in [0.717, 1.165) is 0 Å². The van der Waals surface area contributed by atoms with Gasteiger partial charge in [0.1, 0.15) is 11.6 Å². The summed E-state index contributed by atoms with van der Waals surface area (Å²) in [4.78, 5) is 11.7. The van der Waals surface area contributed by atoms with Crippen LogP contribution in [-0.2, 0) is 0 Å². The van der Waals surface area contributed by atoms with Crippen molar-refractivity contribution in [1.82, 2.24) is 0 Å². The fourth-order valence-corrected chi connectivity index (χ4v) is 1.29. The number of carbonyl (C=O) groups excluding carboxylic acids is 1. The van der Waals surface area contributed by atoms with Gasteiger partial charge >= 0.3 is 0 Å². The molecule has 0 unspecified atom stereocenters. The molecule has 0 bridgehead atoms. The van der Waals surface area contributed by atoms with Crippen LogP contribution in [0, 0.1) is 11.7 Å². The van der Waals surface area contributed by atoms with Crippen molar-refractivity contribution in [2.45, 2.75) is 20.8 Å².